The van der Waals surface area contributed by atoms with Crippen LogP contribution in [0.1, 0.15) is 70.9 Å². The Labute approximate surface area is 130 Å². The number of aromatic nitrogens is 1. The summed E-state index contributed by atoms with van der Waals surface area (Å²) < 4.78 is 0. The Morgan fingerprint density at radius 2 is 2.00 bits per heavy atom. The topological polar surface area (TPSA) is 24.9 Å². The highest BCUT2D eigenvalue weighted by molar-refractivity contribution is 5.22. The van der Waals surface area contributed by atoms with E-state index in [1.807, 2.05) is 6.20 Å². The number of rotatable bonds is 3. The van der Waals surface area contributed by atoms with Gasteiger partial charge < -0.3 is 5.32 Å². The molecule has 1 aliphatic carbocycles. The van der Waals surface area contributed by atoms with E-state index in [1.54, 1.807) is 0 Å². The van der Waals surface area contributed by atoms with Gasteiger partial charge in [-0.1, -0.05) is 19.9 Å². The first kappa shape index (κ1) is 16.5. The van der Waals surface area contributed by atoms with Crippen molar-refractivity contribution in [3.63, 3.8) is 0 Å². The van der Waals surface area contributed by atoms with E-state index in [9.17, 15) is 0 Å². The number of aryl methyl sites for hydroxylation is 1. The van der Waals surface area contributed by atoms with E-state index in [1.165, 1.54) is 30.4 Å². The summed E-state index contributed by atoms with van der Waals surface area (Å²) in [5.74, 6) is 1.36. The summed E-state index contributed by atoms with van der Waals surface area (Å²) in [6.45, 7) is 14.8. The van der Waals surface area contributed by atoms with E-state index in [2.05, 4.69) is 64.1 Å². The number of hydrogen-bond donors (Lipinski definition) is 1. The van der Waals surface area contributed by atoms with Gasteiger partial charge in [-0.3, -0.25) is 4.98 Å². The molecule has 1 saturated carbocycles. The Balaban J connectivity index is 2.18. The Morgan fingerprint density at radius 3 is 2.62 bits per heavy atom. The largest absolute Gasteiger partial charge is 0.312 e. The van der Waals surface area contributed by atoms with Crippen LogP contribution in [0, 0.1) is 18.3 Å². The number of nitrogens with zero attached hydrogens (tertiary/aromatic N) is 1. The normalized spacial score (nSPS) is 25.8. The molecule has 0 radical (unpaired) electrons. The Morgan fingerprint density at radius 1 is 1.29 bits per heavy atom. The second kappa shape index (κ2) is 6.08. The molecule has 2 unspecified atom stereocenters. The molecular formula is C19H32N2. The van der Waals surface area contributed by atoms with Crippen molar-refractivity contribution in [1.82, 2.24) is 10.3 Å². The molecule has 0 spiro atoms. The first-order chi connectivity index (χ1) is 9.66. The molecule has 0 amide bonds. The van der Waals surface area contributed by atoms with Gasteiger partial charge in [-0.2, -0.15) is 0 Å². The SMILES string of the molecule is Cc1cncc(C2CC(C)(C)CCC2CNC(C)(C)C)c1. The molecule has 2 rings (SSSR count). The van der Waals surface area contributed by atoms with Gasteiger partial charge in [0.15, 0.2) is 0 Å². The summed E-state index contributed by atoms with van der Waals surface area (Å²) in [5.41, 5.74) is 3.36. The molecule has 1 heterocycles. The van der Waals surface area contributed by atoms with Gasteiger partial charge in [0, 0.05) is 17.9 Å². The Bertz CT molecular complexity index is 471. The van der Waals surface area contributed by atoms with Crippen LogP contribution in [0.4, 0.5) is 0 Å². The molecule has 1 fully saturated rings. The van der Waals surface area contributed by atoms with Crippen LogP contribution in [0.15, 0.2) is 18.5 Å². The molecule has 2 atom stereocenters. The van der Waals surface area contributed by atoms with Crippen LogP contribution >= 0.6 is 0 Å². The molecule has 0 aliphatic heterocycles. The molecule has 1 N–H and O–H groups in total. The van der Waals surface area contributed by atoms with Crippen molar-refractivity contribution in [2.45, 2.75) is 72.3 Å². The van der Waals surface area contributed by atoms with Gasteiger partial charge in [-0.05, 0) is 81.9 Å². The van der Waals surface area contributed by atoms with Gasteiger partial charge in [0.1, 0.15) is 0 Å². The van der Waals surface area contributed by atoms with E-state index in [-0.39, 0.29) is 5.54 Å². The van der Waals surface area contributed by atoms with Crippen LogP contribution < -0.4 is 5.32 Å². The van der Waals surface area contributed by atoms with Crippen molar-refractivity contribution in [1.29, 1.82) is 0 Å². The molecule has 1 aliphatic rings. The Kier molecular flexibility index (Phi) is 4.77. The summed E-state index contributed by atoms with van der Waals surface area (Å²) in [4.78, 5) is 4.43. The maximum absolute atomic E-state index is 4.43. The fraction of sp³-hybridized carbons (Fsp3) is 0.737. The first-order valence-corrected chi connectivity index (χ1v) is 8.33. The third-order valence-corrected chi connectivity index (χ3v) is 4.75. The molecule has 0 aromatic carbocycles. The molecule has 1 aromatic heterocycles. The number of nitrogens with one attached hydrogen (secondary N) is 1. The van der Waals surface area contributed by atoms with Crippen molar-refractivity contribution in [3.8, 4) is 0 Å². The average molecular weight is 288 g/mol. The van der Waals surface area contributed by atoms with Gasteiger partial charge in [0.05, 0.1) is 0 Å². The minimum atomic E-state index is 0.197. The summed E-state index contributed by atoms with van der Waals surface area (Å²) in [5, 5.41) is 3.71. The van der Waals surface area contributed by atoms with Crippen LogP contribution in [0.2, 0.25) is 0 Å². The molecule has 118 valence electrons. The van der Waals surface area contributed by atoms with Gasteiger partial charge in [0.25, 0.3) is 0 Å². The van der Waals surface area contributed by atoms with Gasteiger partial charge in [0.2, 0.25) is 0 Å². The fourth-order valence-corrected chi connectivity index (χ4v) is 3.49. The lowest BCUT2D eigenvalue weighted by atomic mass is 9.65. The quantitative estimate of drug-likeness (QED) is 0.873. The van der Waals surface area contributed by atoms with Crippen LogP contribution in [0.25, 0.3) is 0 Å². The second-order valence-electron chi connectivity index (χ2n) is 8.70. The monoisotopic (exact) mass is 288 g/mol. The predicted molar refractivity (Wildman–Crippen MR) is 90.6 cm³/mol. The van der Waals surface area contributed by atoms with E-state index in [0.29, 0.717) is 11.3 Å². The van der Waals surface area contributed by atoms with E-state index >= 15 is 0 Å². The lowest BCUT2D eigenvalue weighted by Gasteiger charge is -2.42. The smallest absolute Gasteiger partial charge is 0.0303 e. The maximum atomic E-state index is 4.43. The molecule has 1 aromatic rings. The summed E-state index contributed by atoms with van der Waals surface area (Å²) >= 11 is 0. The summed E-state index contributed by atoms with van der Waals surface area (Å²) in [7, 11) is 0. The number of hydrogen-bond acceptors (Lipinski definition) is 2. The number of pyridine rings is 1. The first-order valence-electron chi connectivity index (χ1n) is 8.33. The molecule has 0 bridgehead atoms. The highest BCUT2D eigenvalue weighted by Crippen LogP contribution is 2.46. The van der Waals surface area contributed by atoms with Crippen LogP contribution in [-0.4, -0.2) is 17.1 Å². The van der Waals surface area contributed by atoms with Gasteiger partial charge in [-0.25, -0.2) is 0 Å². The van der Waals surface area contributed by atoms with Crippen molar-refractivity contribution in [2.75, 3.05) is 6.54 Å². The maximum Gasteiger partial charge on any atom is 0.0303 e. The van der Waals surface area contributed by atoms with Gasteiger partial charge >= 0.3 is 0 Å². The molecule has 2 heteroatoms. The predicted octanol–water partition coefficient (Wildman–Crippen LogP) is 4.69. The lowest BCUT2D eigenvalue weighted by molar-refractivity contribution is 0.153. The molecule has 2 nitrogen and oxygen atoms in total. The van der Waals surface area contributed by atoms with Crippen molar-refractivity contribution < 1.29 is 0 Å². The standard InChI is InChI=1S/C19H32N2/c1-14-9-16(12-20-11-14)17-10-19(5,6)8-7-15(17)13-21-18(2,3)4/h9,11-12,15,17,21H,7-8,10,13H2,1-6H3. The van der Waals surface area contributed by atoms with E-state index in [4.69, 9.17) is 0 Å². The van der Waals surface area contributed by atoms with Crippen molar-refractivity contribution >= 4 is 0 Å². The van der Waals surface area contributed by atoms with Gasteiger partial charge in [-0.15, -0.1) is 0 Å². The Hall–Kier alpha value is -0.890. The zero-order valence-corrected chi connectivity index (χ0v) is 14.7. The highest BCUT2D eigenvalue weighted by Gasteiger charge is 2.36. The average Bonchev–Trinajstić information content (AvgIpc) is 2.35. The van der Waals surface area contributed by atoms with Crippen molar-refractivity contribution in [2.24, 2.45) is 11.3 Å². The zero-order chi connectivity index (χ0) is 15.7. The van der Waals surface area contributed by atoms with Crippen molar-refractivity contribution in [3.05, 3.63) is 29.6 Å². The van der Waals surface area contributed by atoms with E-state index < -0.39 is 0 Å². The molecule has 0 saturated heterocycles. The lowest BCUT2D eigenvalue weighted by Crippen LogP contribution is -2.42. The van der Waals surface area contributed by atoms with Crippen LogP contribution in [0.3, 0.4) is 0 Å². The highest BCUT2D eigenvalue weighted by atomic mass is 14.9. The fourth-order valence-electron chi connectivity index (χ4n) is 3.49. The molecule has 21 heavy (non-hydrogen) atoms. The zero-order valence-electron chi connectivity index (χ0n) is 14.7. The third kappa shape index (κ3) is 4.81. The van der Waals surface area contributed by atoms with E-state index in [0.717, 1.165) is 12.5 Å². The third-order valence-electron chi connectivity index (χ3n) is 4.75. The molecular weight excluding hydrogens is 256 g/mol. The second-order valence-corrected chi connectivity index (χ2v) is 8.70. The minimum absolute atomic E-state index is 0.197. The summed E-state index contributed by atoms with van der Waals surface area (Å²) in [6, 6.07) is 2.34. The van der Waals surface area contributed by atoms with Crippen LogP contribution in [0.5, 0.6) is 0 Å². The summed E-state index contributed by atoms with van der Waals surface area (Å²) in [6.07, 6.45) is 7.96. The van der Waals surface area contributed by atoms with Crippen LogP contribution in [-0.2, 0) is 0 Å². The minimum Gasteiger partial charge on any atom is -0.312 e.